The predicted molar refractivity (Wildman–Crippen MR) is 113 cm³/mol. The molecule has 1 N–H and O–H groups in total. The van der Waals surface area contributed by atoms with Crippen LogP contribution in [0.1, 0.15) is 29.2 Å². The minimum absolute atomic E-state index is 0.0318. The van der Waals surface area contributed by atoms with Crippen LogP contribution in [0.25, 0.3) is 11.3 Å². The predicted octanol–water partition coefficient (Wildman–Crippen LogP) is 2.79. The zero-order valence-electron chi connectivity index (χ0n) is 17.3. The molecule has 0 aliphatic rings. The van der Waals surface area contributed by atoms with Crippen LogP contribution in [0, 0.1) is 13.8 Å². The Balaban J connectivity index is 1.41. The van der Waals surface area contributed by atoms with Crippen LogP contribution in [-0.4, -0.2) is 37.4 Å². The number of benzene rings is 1. The fourth-order valence-corrected chi connectivity index (χ4v) is 3.55. The molecule has 3 heterocycles. The first-order valence-electron chi connectivity index (χ1n) is 9.81. The Labute approximate surface area is 174 Å². The molecular weight excluding hydrogens is 380 g/mol. The molecule has 0 bridgehead atoms. The molecular formula is C22H24N6O2. The highest BCUT2D eigenvalue weighted by atomic mass is 16.5. The topological polar surface area (TPSA) is 86.3 Å². The number of ether oxygens (including phenoxy) is 1. The van der Waals surface area contributed by atoms with Crippen molar-refractivity contribution in [2.45, 2.75) is 33.2 Å². The van der Waals surface area contributed by atoms with Crippen LogP contribution in [0.3, 0.4) is 0 Å². The van der Waals surface area contributed by atoms with Crippen LogP contribution in [0.15, 0.2) is 48.7 Å². The number of aryl methyl sites for hydroxylation is 1. The van der Waals surface area contributed by atoms with Crippen molar-refractivity contribution < 1.29 is 9.53 Å². The van der Waals surface area contributed by atoms with Gasteiger partial charge in [-0.05, 0) is 50.1 Å². The summed E-state index contributed by atoms with van der Waals surface area (Å²) in [5.74, 6) is 1.45. The quantitative estimate of drug-likeness (QED) is 0.512. The Morgan fingerprint density at radius 1 is 1.13 bits per heavy atom. The number of carbonyl (C=O) groups is 1. The zero-order valence-corrected chi connectivity index (χ0v) is 17.3. The molecule has 0 fully saturated rings. The highest BCUT2D eigenvalue weighted by Crippen LogP contribution is 2.22. The summed E-state index contributed by atoms with van der Waals surface area (Å²) in [7, 11) is 1.65. The minimum atomic E-state index is -0.0318. The molecule has 0 saturated carbocycles. The standard InChI is InChI=1S/C22H24N6O2/c1-15-19(16(2)28(26-15)17-7-6-8-18(13-17)30-3)10-11-22(29)23-14-21-25-24-20-9-4-5-12-27(20)21/h4-9,12-13H,10-11,14H2,1-3H3,(H,23,29). The van der Waals surface area contributed by atoms with Gasteiger partial charge in [-0.3, -0.25) is 9.20 Å². The van der Waals surface area contributed by atoms with Crippen molar-refractivity contribution in [2.24, 2.45) is 0 Å². The first-order chi connectivity index (χ1) is 14.6. The van der Waals surface area contributed by atoms with Gasteiger partial charge in [-0.25, -0.2) is 4.68 Å². The number of carbonyl (C=O) groups excluding carboxylic acids is 1. The Morgan fingerprint density at radius 2 is 2.00 bits per heavy atom. The van der Waals surface area contributed by atoms with E-state index in [0.29, 0.717) is 25.2 Å². The SMILES string of the molecule is COc1cccc(-n2nc(C)c(CCC(=O)NCc3nnc4ccccn34)c2C)c1. The molecule has 4 rings (SSSR count). The molecule has 0 aliphatic carbocycles. The summed E-state index contributed by atoms with van der Waals surface area (Å²) in [6.45, 7) is 4.33. The number of hydrogen-bond donors (Lipinski definition) is 1. The zero-order chi connectivity index (χ0) is 21.1. The van der Waals surface area contributed by atoms with E-state index in [1.165, 1.54) is 0 Å². The minimum Gasteiger partial charge on any atom is -0.497 e. The number of methoxy groups -OCH3 is 1. The summed E-state index contributed by atoms with van der Waals surface area (Å²) in [5.41, 5.74) is 4.73. The molecule has 0 spiro atoms. The molecule has 3 aromatic heterocycles. The maximum Gasteiger partial charge on any atom is 0.220 e. The summed E-state index contributed by atoms with van der Waals surface area (Å²) >= 11 is 0. The maximum absolute atomic E-state index is 12.4. The van der Waals surface area contributed by atoms with Gasteiger partial charge in [0.05, 0.1) is 25.0 Å². The summed E-state index contributed by atoms with van der Waals surface area (Å²) in [4.78, 5) is 12.4. The van der Waals surface area contributed by atoms with E-state index in [1.54, 1.807) is 7.11 Å². The fraction of sp³-hybridized carbons (Fsp3) is 0.273. The average Bonchev–Trinajstić information content (AvgIpc) is 3.31. The molecule has 1 amide bonds. The van der Waals surface area contributed by atoms with Crippen molar-refractivity contribution in [1.82, 2.24) is 29.7 Å². The summed E-state index contributed by atoms with van der Waals surface area (Å²) < 4.78 is 9.08. The number of aromatic nitrogens is 5. The molecule has 154 valence electrons. The molecule has 8 nitrogen and oxygen atoms in total. The average molecular weight is 404 g/mol. The van der Waals surface area contributed by atoms with Crippen molar-refractivity contribution in [3.05, 3.63) is 71.4 Å². The van der Waals surface area contributed by atoms with Gasteiger partial charge in [0.1, 0.15) is 5.75 Å². The molecule has 0 radical (unpaired) electrons. The highest BCUT2D eigenvalue weighted by Gasteiger charge is 2.15. The smallest absolute Gasteiger partial charge is 0.220 e. The van der Waals surface area contributed by atoms with E-state index >= 15 is 0 Å². The van der Waals surface area contributed by atoms with Crippen LogP contribution in [0.2, 0.25) is 0 Å². The van der Waals surface area contributed by atoms with Crippen LogP contribution in [-0.2, 0) is 17.8 Å². The van der Waals surface area contributed by atoms with Crippen LogP contribution >= 0.6 is 0 Å². The van der Waals surface area contributed by atoms with Crippen molar-refractivity contribution in [3.8, 4) is 11.4 Å². The van der Waals surface area contributed by atoms with Crippen LogP contribution in [0.5, 0.6) is 5.75 Å². The normalized spacial score (nSPS) is 11.0. The van der Waals surface area contributed by atoms with Crippen LogP contribution < -0.4 is 10.1 Å². The monoisotopic (exact) mass is 404 g/mol. The molecule has 0 aliphatic heterocycles. The van der Waals surface area contributed by atoms with E-state index < -0.39 is 0 Å². The van der Waals surface area contributed by atoms with Gasteiger partial charge in [0.2, 0.25) is 5.91 Å². The molecule has 0 atom stereocenters. The lowest BCUT2D eigenvalue weighted by Crippen LogP contribution is -2.24. The maximum atomic E-state index is 12.4. The van der Waals surface area contributed by atoms with Gasteiger partial charge in [-0.2, -0.15) is 5.10 Å². The lowest BCUT2D eigenvalue weighted by molar-refractivity contribution is -0.121. The number of pyridine rings is 1. The number of rotatable bonds is 7. The van der Waals surface area contributed by atoms with Gasteiger partial charge >= 0.3 is 0 Å². The van der Waals surface area contributed by atoms with Gasteiger partial charge in [-0.1, -0.05) is 12.1 Å². The second-order valence-electron chi connectivity index (χ2n) is 7.08. The van der Waals surface area contributed by atoms with Crippen LogP contribution in [0.4, 0.5) is 0 Å². The lowest BCUT2D eigenvalue weighted by Gasteiger charge is -2.08. The Bertz CT molecular complexity index is 1190. The van der Waals surface area contributed by atoms with Gasteiger partial charge in [-0.15, -0.1) is 10.2 Å². The van der Waals surface area contributed by atoms with Gasteiger partial charge in [0.15, 0.2) is 11.5 Å². The van der Waals surface area contributed by atoms with Crippen molar-refractivity contribution >= 4 is 11.6 Å². The summed E-state index contributed by atoms with van der Waals surface area (Å²) in [6, 6.07) is 13.5. The first kappa shape index (κ1) is 19.6. The lowest BCUT2D eigenvalue weighted by atomic mass is 10.1. The van der Waals surface area contributed by atoms with E-state index in [0.717, 1.165) is 34.0 Å². The third-order valence-corrected chi connectivity index (χ3v) is 5.17. The molecule has 0 unspecified atom stereocenters. The van der Waals surface area contributed by atoms with Gasteiger partial charge in [0.25, 0.3) is 0 Å². The van der Waals surface area contributed by atoms with E-state index in [1.807, 2.05) is 71.6 Å². The fourth-order valence-electron chi connectivity index (χ4n) is 3.55. The molecule has 8 heteroatoms. The van der Waals surface area contributed by atoms with Crippen molar-refractivity contribution in [1.29, 1.82) is 0 Å². The number of amides is 1. The Morgan fingerprint density at radius 3 is 2.83 bits per heavy atom. The molecule has 1 aromatic carbocycles. The van der Waals surface area contributed by atoms with E-state index in [-0.39, 0.29) is 5.91 Å². The van der Waals surface area contributed by atoms with E-state index in [4.69, 9.17) is 4.74 Å². The van der Waals surface area contributed by atoms with Crippen molar-refractivity contribution in [3.63, 3.8) is 0 Å². The molecule has 0 saturated heterocycles. The van der Waals surface area contributed by atoms with Gasteiger partial charge in [0, 0.05) is 24.4 Å². The second-order valence-corrected chi connectivity index (χ2v) is 7.08. The molecule has 4 aromatic rings. The number of fused-ring (bicyclic) bond motifs is 1. The number of nitrogens with zero attached hydrogens (tertiary/aromatic N) is 5. The summed E-state index contributed by atoms with van der Waals surface area (Å²) in [5, 5.41) is 15.8. The number of hydrogen-bond acceptors (Lipinski definition) is 5. The van der Waals surface area contributed by atoms with E-state index in [2.05, 4.69) is 20.6 Å². The van der Waals surface area contributed by atoms with Gasteiger partial charge < -0.3 is 10.1 Å². The third-order valence-electron chi connectivity index (χ3n) is 5.17. The Kier molecular flexibility index (Phi) is 5.47. The highest BCUT2D eigenvalue weighted by molar-refractivity contribution is 5.76. The first-order valence-corrected chi connectivity index (χ1v) is 9.81. The third kappa shape index (κ3) is 3.89. The second kappa shape index (κ2) is 8.36. The van der Waals surface area contributed by atoms with Crippen molar-refractivity contribution in [2.75, 3.05) is 7.11 Å². The van der Waals surface area contributed by atoms with E-state index in [9.17, 15) is 4.79 Å². The Hall–Kier alpha value is -3.68. The largest absolute Gasteiger partial charge is 0.497 e. The number of nitrogens with one attached hydrogen (secondary N) is 1. The molecule has 30 heavy (non-hydrogen) atoms. The summed E-state index contributed by atoms with van der Waals surface area (Å²) in [6.07, 6.45) is 2.88.